The molecular formula is C19H32N4O2. The molecule has 0 aliphatic heterocycles. The predicted molar refractivity (Wildman–Crippen MR) is 101 cm³/mol. The molecule has 2 N–H and O–H groups in total. The van der Waals surface area contributed by atoms with Crippen LogP contribution in [0.5, 0.6) is 5.88 Å². The van der Waals surface area contributed by atoms with Crippen molar-refractivity contribution in [2.24, 2.45) is 4.99 Å². The van der Waals surface area contributed by atoms with Crippen LogP contribution >= 0.6 is 0 Å². The summed E-state index contributed by atoms with van der Waals surface area (Å²) < 4.78 is 11.1. The lowest BCUT2D eigenvalue weighted by atomic mass is 9.98. The minimum atomic E-state index is 0.481. The van der Waals surface area contributed by atoms with Crippen molar-refractivity contribution in [1.82, 2.24) is 15.6 Å². The normalized spacial score (nSPS) is 15.8. The zero-order valence-electron chi connectivity index (χ0n) is 15.6. The van der Waals surface area contributed by atoms with Crippen LogP contribution < -0.4 is 15.4 Å². The van der Waals surface area contributed by atoms with Crippen molar-refractivity contribution in [2.45, 2.75) is 58.1 Å². The van der Waals surface area contributed by atoms with Crippen molar-refractivity contribution in [3.8, 4) is 5.88 Å². The fourth-order valence-corrected chi connectivity index (χ4v) is 2.92. The number of ether oxygens (including phenoxy) is 2. The summed E-state index contributed by atoms with van der Waals surface area (Å²) in [4.78, 5) is 8.96. The predicted octanol–water partition coefficient (Wildman–Crippen LogP) is 2.88. The fraction of sp³-hybridized carbons (Fsp3) is 0.684. The Morgan fingerprint density at radius 1 is 1.24 bits per heavy atom. The molecule has 1 aliphatic rings. The van der Waals surface area contributed by atoms with E-state index in [2.05, 4.69) is 27.5 Å². The topological polar surface area (TPSA) is 67.8 Å². The molecule has 1 saturated carbocycles. The summed E-state index contributed by atoms with van der Waals surface area (Å²) in [5, 5.41) is 6.62. The van der Waals surface area contributed by atoms with Crippen LogP contribution in [0.3, 0.4) is 0 Å². The molecule has 0 aromatic carbocycles. The van der Waals surface area contributed by atoms with Gasteiger partial charge in [-0.1, -0.05) is 25.3 Å². The minimum Gasteiger partial charge on any atom is -0.481 e. The Bertz CT molecular complexity index is 516. The third kappa shape index (κ3) is 7.73. The molecule has 140 valence electrons. The maximum atomic E-state index is 5.96. The number of methoxy groups -OCH3 is 1. The van der Waals surface area contributed by atoms with Gasteiger partial charge in [0.05, 0.1) is 25.5 Å². The first-order valence-electron chi connectivity index (χ1n) is 9.45. The van der Waals surface area contributed by atoms with Crippen LogP contribution in [0, 0.1) is 0 Å². The van der Waals surface area contributed by atoms with E-state index in [-0.39, 0.29) is 0 Å². The molecule has 1 fully saturated rings. The fourth-order valence-electron chi connectivity index (χ4n) is 2.92. The summed E-state index contributed by atoms with van der Waals surface area (Å²) in [5.41, 5.74) is 0.886. The van der Waals surface area contributed by atoms with E-state index in [9.17, 15) is 0 Å². The maximum Gasteiger partial charge on any atom is 0.213 e. The van der Waals surface area contributed by atoms with Crippen molar-refractivity contribution >= 4 is 5.96 Å². The Balaban J connectivity index is 1.69. The lowest BCUT2D eigenvalue weighted by Crippen LogP contribution is -2.38. The van der Waals surface area contributed by atoms with Gasteiger partial charge in [0.15, 0.2) is 5.96 Å². The highest BCUT2D eigenvalue weighted by molar-refractivity contribution is 5.79. The molecule has 1 aliphatic carbocycles. The van der Waals surface area contributed by atoms with Gasteiger partial charge < -0.3 is 20.1 Å². The summed E-state index contributed by atoms with van der Waals surface area (Å²) in [7, 11) is 1.62. The van der Waals surface area contributed by atoms with E-state index in [1.165, 1.54) is 32.1 Å². The molecule has 0 unspecified atom stereocenters. The Hall–Kier alpha value is -1.82. The van der Waals surface area contributed by atoms with Crippen molar-refractivity contribution < 1.29 is 9.47 Å². The van der Waals surface area contributed by atoms with Crippen LogP contribution in [-0.2, 0) is 11.3 Å². The zero-order chi connectivity index (χ0) is 17.7. The van der Waals surface area contributed by atoms with Gasteiger partial charge in [0.1, 0.15) is 0 Å². The lowest BCUT2D eigenvalue weighted by molar-refractivity contribution is 0.0277. The first kappa shape index (κ1) is 19.5. The van der Waals surface area contributed by atoms with Crippen molar-refractivity contribution in [2.75, 3.05) is 26.8 Å². The number of guanidine groups is 1. The second-order valence-electron chi connectivity index (χ2n) is 6.28. The van der Waals surface area contributed by atoms with Crippen LogP contribution in [0.2, 0.25) is 0 Å². The van der Waals surface area contributed by atoms with Gasteiger partial charge in [0, 0.05) is 25.8 Å². The van der Waals surface area contributed by atoms with Gasteiger partial charge in [-0.3, -0.25) is 0 Å². The van der Waals surface area contributed by atoms with E-state index in [0.717, 1.165) is 37.8 Å². The monoisotopic (exact) mass is 348 g/mol. The van der Waals surface area contributed by atoms with E-state index >= 15 is 0 Å². The van der Waals surface area contributed by atoms with Crippen molar-refractivity contribution in [3.63, 3.8) is 0 Å². The average Bonchev–Trinajstić information content (AvgIpc) is 2.66. The van der Waals surface area contributed by atoms with Gasteiger partial charge in [0.25, 0.3) is 0 Å². The van der Waals surface area contributed by atoms with Gasteiger partial charge in [0.2, 0.25) is 5.88 Å². The van der Waals surface area contributed by atoms with Gasteiger partial charge >= 0.3 is 0 Å². The van der Waals surface area contributed by atoms with Crippen LogP contribution in [0.1, 0.15) is 51.1 Å². The van der Waals surface area contributed by atoms with E-state index in [1.807, 2.05) is 18.2 Å². The zero-order valence-corrected chi connectivity index (χ0v) is 15.6. The average molecular weight is 348 g/mol. The van der Waals surface area contributed by atoms with Gasteiger partial charge in [-0.15, -0.1) is 0 Å². The number of nitrogens with zero attached hydrogens (tertiary/aromatic N) is 2. The van der Waals surface area contributed by atoms with Crippen molar-refractivity contribution in [1.29, 1.82) is 0 Å². The Morgan fingerprint density at radius 3 is 2.84 bits per heavy atom. The summed E-state index contributed by atoms with van der Waals surface area (Å²) in [5.74, 6) is 1.43. The number of rotatable bonds is 9. The SMILES string of the molecule is CCNC(=NCc1cccc(OC)n1)NCCCOC1CCCCC1. The molecule has 0 amide bonds. The van der Waals surface area contributed by atoms with E-state index in [4.69, 9.17) is 9.47 Å². The lowest BCUT2D eigenvalue weighted by Gasteiger charge is -2.22. The molecule has 1 heterocycles. The summed E-state index contributed by atoms with van der Waals surface area (Å²) in [6, 6.07) is 5.72. The van der Waals surface area contributed by atoms with Crippen LogP contribution in [0.25, 0.3) is 0 Å². The highest BCUT2D eigenvalue weighted by Gasteiger charge is 2.12. The number of aromatic nitrogens is 1. The Morgan fingerprint density at radius 2 is 2.08 bits per heavy atom. The largest absolute Gasteiger partial charge is 0.481 e. The first-order chi connectivity index (χ1) is 12.3. The molecular weight excluding hydrogens is 316 g/mol. The van der Waals surface area contributed by atoms with Crippen LogP contribution in [0.15, 0.2) is 23.2 Å². The summed E-state index contributed by atoms with van der Waals surface area (Å²) in [6.45, 7) is 5.08. The molecule has 2 rings (SSSR count). The van der Waals surface area contributed by atoms with Crippen molar-refractivity contribution in [3.05, 3.63) is 23.9 Å². The standard InChI is InChI=1S/C19H32N4O2/c1-3-20-19(22-15-16-9-7-12-18(23-16)24-2)21-13-8-14-25-17-10-5-4-6-11-17/h7,9,12,17H,3-6,8,10-11,13-15H2,1-2H3,(H2,20,21,22). The van der Waals surface area contributed by atoms with Gasteiger partial charge in [-0.2, -0.15) is 0 Å². The molecule has 6 heteroatoms. The number of aliphatic imine (C=N–C) groups is 1. The third-order valence-corrected chi connectivity index (χ3v) is 4.25. The molecule has 0 saturated heterocycles. The van der Waals surface area contributed by atoms with E-state index < -0.39 is 0 Å². The Kier molecular flexibility index (Phi) is 9.12. The second kappa shape index (κ2) is 11.7. The third-order valence-electron chi connectivity index (χ3n) is 4.25. The summed E-state index contributed by atoms with van der Waals surface area (Å²) in [6.07, 6.45) is 7.92. The quantitative estimate of drug-likeness (QED) is 0.408. The minimum absolute atomic E-state index is 0.481. The van der Waals surface area contributed by atoms with Gasteiger partial charge in [-0.25, -0.2) is 9.98 Å². The molecule has 0 atom stereocenters. The molecule has 0 radical (unpaired) electrons. The highest BCUT2D eigenvalue weighted by Crippen LogP contribution is 2.20. The number of hydrogen-bond acceptors (Lipinski definition) is 4. The van der Waals surface area contributed by atoms with E-state index in [0.29, 0.717) is 18.5 Å². The maximum absolute atomic E-state index is 5.96. The molecule has 1 aromatic heterocycles. The molecule has 6 nitrogen and oxygen atoms in total. The second-order valence-corrected chi connectivity index (χ2v) is 6.28. The molecule has 0 spiro atoms. The number of nitrogens with one attached hydrogen (secondary N) is 2. The highest BCUT2D eigenvalue weighted by atomic mass is 16.5. The smallest absolute Gasteiger partial charge is 0.213 e. The molecule has 0 bridgehead atoms. The van der Waals surface area contributed by atoms with Crippen LogP contribution in [0.4, 0.5) is 0 Å². The summed E-state index contributed by atoms with van der Waals surface area (Å²) >= 11 is 0. The number of hydrogen-bond donors (Lipinski definition) is 2. The van der Waals surface area contributed by atoms with E-state index in [1.54, 1.807) is 7.11 Å². The van der Waals surface area contributed by atoms with Gasteiger partial charge in [-0.05, 0) is 32.3 Å². The molecule has 25 heavy (non-hydrogen) atoms. The first-order valence-corrected chi connectivity index (χ1v) is 9.45. The Labute approximate surface area is 151 Å². The molecule has 1 aromatic rings. The number of pyridine rings is 1. The van der Waals surface area contributed by atoms with Crippen LogP contribution in [-0.4, -0.2) is 43.9 Å².